The van der Waals surface area contributed by atoms with Crippen LogP contribution in [0.4, 0.5) is 0 Å². The normalized spacial score (nSPS) is 13.4. The molecule has 0 aromatic carbocycles. The number of aliphatic hydroxyl groups is 1. The van der Waals surface area contributed by atoms with E-state index in [1.807, 2.05) is 23.6 Å². The van der Waals surface area contributed by atoms with Crippen molar-refractivity contribution in [3.63, 3.8) is 0 Å². The van der Waals surface area contributed by atoms with E-state index in [-0.39, 0.29) is 6.10 Å². The first kappa shape index (κ1) is 9.21. The van der Waals surface area contributed by atoms with Gasteiger partial charge in [-0.15, -0.1) is 0 Å². The summed E-state index contributed by atoms with van der Waals surface area (Å²) in [6.07, 6.45) is 1.44. The smallest absolute Gasteiger partial charge is 0.140 e. The molecule has 0 aliphatic rings. The quantitative estimate of drug-likeness (QED) is 0.783. The summed E-state index contributed by atoms with van der Waals surface area (Å²) in [5, 5.41) is 10.5. The summed E-state index contributed by atoms with van der Waals surface area (Å²) in [6.45, 7) is 4.42. The van der Waals surface area contributed by atoms with Crippen LogP contribution in [0.3, 0.4) is 0 Å². The minimum absolute atomic E-state index is 0.341. The number of hydrogen-bond acceptors (Lipinski definition) is 2. The second-order valence-corrected chi connectivity index (χ2v) is 3.66. The van der Waals surface area contributed by atoms with E-state index in [4.69, 9.17) is 0 Å². The van der Waals surface area contributed by atoms with E-state index in [1.54, 1.807) is 13.1 Å². The molecule has 74 valence electrons. The molecule has 1 atom stereocenters. The first-order valence-corrected chi connectivity index (χ1v) is 4.77. The van der Waals surface area contributed by atoms with Crippen LogP contribution in [0.25, 0.3) is 11.0 Å². The summed E-state index contributed by atoms with van der Waals surface area (Å²) < 4.78 is 2.04. The van der Waals surface area contributed by atoms with Gasteiger partial charge in [0.1, 0.15) is 5.65 Å². The second-order valence-electron chi connectivity index (χ2n) is 3.66. The van der Waals surface area contributed by atoms with Crippen molar-refractivity contribution >= 4 is 11.0 Å². The number of aryl methyl sites for hydroxylation is 1. The fraction of sp³-hybridized carbons (Fsp3) is 0.364. The van der Waals surface area contributed by atoms with Crippen molar-refractivity contribution in [2.45, 2.75) is 26.5 Å². The fourth-order valence-electron chi connectivity index (χ4n) is 1.71. The Labute approximate surface area is 83.0 Å². The van der Waals surface area contributed by atoms with Gasteiger partial charge in [0.25, 0.3) is 0 Å². The van der Waals surface area contributed by atoms with Crippen molar-refractivity contribution in [2.75, 3.05) is 0 Å². The molecule has 1 N–H and O–H groups in total. The van der Waals surface area contributed by atoms with E-state index in [2.05, 4.69) is 11.1 Å². The zero-order chi connectivity index (χ0) is 10.1. The Morgan fingerprint density at radius 3 is 3.07 bits per heavy atom. The molecule has 1 unspecified atom stereocenters. The third kappa shape index (κ3) is 1.51. The maximum Gasteiger partial charge on any atom is 0.140 e. The van der Waals surface area contributed by atoms with Gasteiger partial charge in [-0.05, 0) is 32.0 Å². The second kappa shape index (κ2) is 3.42. The van der Waals surface area contributed by atoms with Gasteiger partial charge in [0, 0.05) is 23.8 Å². The number of pyridine rings is 1. The van der Waals surface area contributed by atoms with Gasteiger partial charge in [0.05, 0.1) is 6.10 Å². The third-order valence-corrected chi connectivity index (χ3v) is 2.31. The van der Waals surface area contributed by atoms with Crippen molar-refractivity contribution in [1.82, 2.24) is 9.55 Å². The van der Waals surface area contributed by atoms with Crippen LogP contribution in [0.15, 0.2) is 24.4 Å². The topological polar surface area (TPSA) is 38.0 Å². The number of fused-ring (bicyclic) bond motifs is 1. The van der Waals surface area contributed by atoms with Crippen molar-refractivity contribution in [2.24, 2.45) is 0 Å². The summed E-state index contributed by atoms with van der Waals surface area (Å²) in [7, 11) is 0. The van der Waals surface area contributed by atoms with Gasteiger partial charge in [0.15, 0.2) is 0 Å². The van der Waals surface area contributed by atoms with Crippen LogP contribution >= 0.6 is 0 Å². The third-order valence-electron chi connectivity index (χ3n) is 2.31. The van der Waals surface area contributed by atoms with Crippen molar-refractivity contribution in [3.8, 4) is 0 Å². The highest BCUT2D eigenvalue weighted by atomic mass is 16.3. The van der Waals surface area contributed by atoms with Gasteiger partial charge in [0.2, 0.25) is 0 Å². The number of aromatic nitrogens is 2. The van der Waals surface area contributed by atoms with Crippen LogP contribution in [0.2, 0.25) is 0 Å². The molecule has 2 rings (SSSR count). The Balaban J connectivity index is 2.56. The van der Waals surface area contributed by atoms with Gasteiger partial charge in [-0.2, -0.15) is 0 Å². The number of nitrogens with zero attached hydrogens (tertiary/aromatic N) is 2. The van der Waals surface area contributed by atoms with Gasteiger partial charge in [-0.3, -0.25) is 0 Å². The van der Waals surface area contributed by atoms with E-state index in [9.17, 15) is 5.11 Å². The zero-order valence-corrected chi connectivity index (χ0v) is 8.44. The standard InChI is InChI=1S/C11H14N2O/c1-8-6-10-4-3-5-12-11(10)13(8)7-9(2)14/h3-6,9,14H,7H2,1-2H3. The summed E-state index contributed by atoms with van der Waals surface area (Å²) in [4.78, 5) is 4.31. The van der Waals surface area contributed by atoms with Crippen molar-refractivity contribution < 1.29 is 5.11 Å². The molecule has 0 aliphatic carbocycles. The lowest BCUT2D eigenvalue weighted by molar-refractivity contribution is 0.174. The van der Waals surface area contributed by atoms with E-state index in [0.717, 1.165) is 16.7 Å². The van der Waals surface area contributed by atoms with Crippen LogP contribution < -0.4 is 0 Å². The summed E-state index contributed by atoms with van der Waals surface area (Å²) in [5.74, 6) is 0. The van der Waals surface area contributed by atoms with E-state index >= 15 is 0 Å². The molecule has 2 aromatic heterocycles. The lowest BCUT2D eigenvalue weighted by atomic mass is 10.3. The lowest BCUT2D eigenvalue weighted by Crippen LogP contribution is -2.12. The average Bonchev–Trinajstić information content (AvgIpc) is 2.43. The fourth-order valence-corrected chi connectivity index (χ4v) is 1.71. The van der Waals surface area contributed by atoms with Gasteiger partial charge >= 0.3 is 0 Å². The highest BCUT2D eigenvalue weighted by Crippen LogP contribution is 2.17. The lowest BCUT2D eigenvalue weighted by Gasteiger charge is -2.09. The highest BCUT2D eigenvalue weighted by Gasteiger charge is 2.07. The molecule has 0 saturated heterocycles. The Morgan fingerprint density at radius 2 is 2.36 bits per heavy atom. The molecule has 0 radical (unpaired) electrons. The number of aliphatic hydroxyl groups excluding tert-OH is 1. The Kier molecular flexibility index (Phi) is 2.25. The molecule has 0 amide bonds. The molecule has 0 fully saturated rings. The van der Waals surface area contributed by atoms with E-state index < -0.39 is 0 Å². The predicted octanol–water partition coefficient (Wildman–Crippen LogP) is 1.73. The highest BCUT2D eigenvalue weighted by molar-refractivity contribution is 5.77. The van der Waals surface area contributed by atoms with Crippen LogP contribution in [0.5, 0.6) is 0 Å². The summed E-state index contributed by atoms with van der Waals surface area (Å²) >= 11 is 0. The predicted molar refractivity (Wildman–Crippen MR) is 56.2 cm³/mol. The molecule has 0 aliphatic heterocycles. The molecular formula is C11H14N2O. The largest absolute Gasteiger partial charge is 0.392 e. The van der Waals surface area contributed by atoms with Crippen molar-refractivity contribution in [3.05, 3.63) is 30.1 Å². The molecule has 14 heavy (non-hydrogen) atoms. The minimum Gasteiger partial charge on any atom is -0.392 e. The number of hydrogen-bond donors (Lipinski definition) is 1. The Bertz CT molecular complexity index is 445. The number of rotatable bonds is 2. The molecular weight excluding hydrogens is 176 g/mol. The van der Waals surface area contributed by atoms with Crippen LogP contribution in [0, 0.1) is 6.92 Å². The SMILES string of the molecule is Cc1cc2cccnc2n1CC(C)O. The van der Waals surface area contributed by atoms with Gasteiger partial charge in [-0.25, -0.2) is 4.98 Å². The first-order valence-electron chi connectivity index (χ1n) is 4.77. The molecule has 2 heterocycles. The van der Waals surface area contributed by atoms with E-state index in [0.29, 0.717) is 6.54 Å². The van der Waals surface area contributed by atoms with E-state index in [1.165, 1.54) is 0 Å². The van der Waals surface area contributed by atoms with Crippen LogP contribution in [-0.4, -0.2) is 20.8 Å². The molecule has 0 spiro atoms. The summed E-state index contributed by atoms with van der Waals surface area (Å²) in [6, 6.07) is 6.05. The maximum absolute atomic E-state index is 9.36. The molecule has 0 bridgehead atoms. The average molecular weight is 190 g/mol. The van der Waals surface area contributed by atoms with Crippen LogP contribution in [-0.2, 0) is 6.54 Å². The van der Waals surface area contributed by atoms with Gasteiger partial charge < -0.3 is 9.67 Å². The van der Waals surface area contributed by atoms with Crippen molar-refractivity contribution in [1.29, 1.82) is 0 Å². The maximum atomic E-state index is 9.36. The zero-order valence-electron chi connectivity index (χ0n) is 8.44. The molecule has 2 aromatic rings. The Hall–Kier alpha value is -1.35. The monoisotopic (exact) mass is 190 g/mol. The van der Waals surface area contributed by atoms with Crippen LogP contribution in [0.1, 0.15) is 12.6 Å². The minimum atomic E-state index is -0.341. The summed E-state index contributed by atoms with van der Waals surface area (Å²) in [5.41, 5.74) is 2.09. The van der Waals surface area contributed by atoms with Gasteiger partial charge in [-0.1, -0.05) is 0 Å². The molecule has 3 heteroatoms. The first-order chi connectivity index (χ1) is 6.68. The Morgan fingerprint density at radius 1 is 1.57 bits per heavy atom. The molecule has 0 saturated carbocycles. The molecule has 3 nitrogen and oxygen atoms in total.